The van der Waals surface area contributed by atoms with Crippen molar-refractivity contribution in [3.05, 3.63) is 59.8 Å². The summed E-state index contributed by atoms with van der Waals surface area (Å²) >= 11 is 0. The predicted molar refractivity (Wildman–Crippen MR) is 106 cm³/mol. The van der Waals surface area contributed by atoms with Gasteiger partial charge in [-0.2, -0.15) is 21.6 Å². The summed E-state index contributed by atoms with van der Waals surface area (Å²) < 4.78 is 67.1. The molecule has 162 valence electrons. The molecular formula is C19H19F3N2O5S. The van der Waals surface area contributed by atoms with E-state index >= 15 is 0 Å². The highest BCUT2D eigenvalue weighted by Gasteiger charge is 2.46. The van der Waals surface area contributed by atoms with Gasteiger partial charge >= 0.3 is 21.5 Å². The Balaban J connectivity index is 2.55. The number of nitrogens with one attached hydrogen (secondary N) is 2. The van der Waals surface area contributed by atoms with Crippen LogP contribution in [0.25, 0.3) is 5.57 Å². The number of aromatic hydroxyl groups is 1. The van der Waals surface area contributed by atoms with Crippen LogP contribution in [-0.4, -0.2) is 31.6 Å². The average Bonchev–Trinajstić information content (AvgIpc) is 2.64. The van der Waals surface area contributed by atoms with Crippen molar-refractivity contribution in [1.82, 2.24) is 0 Å². The molecule has 0 saturated heterocycles. The van der Waals surface area contributed by atoms with Gasteiger partial charge in [-0.15, -0.1) is 0 Å². The zero-order valence-electron chi connectivity index (χ0n) is 15.9. The highest BCUT2D eigenvalue weighted by Crippen LogP contribution is 2.33. The molecule has 3 N–H and O–H groups in total. The van der Waals surface area contributed by atoms with Crippen LogP contribution in [0.4, 0.5) is 24.5 Å². The zero-order chi connectivity index (χ0) is 22.5. The SMILES string of the molecule is CCOC(=O)C(=C(C)Nc1ccccc1)c1cc(NS(=O)(=O)C(F)(F)F)ccc1O. The van der Waals surface area contributed by atoms with E-state index in [2.05, 4.69) is 5.32 Å². The van der Waals surface area contributed by atoms with Gasteiger partial charge in [-0.05, 0) is 44.2 Å². The number of hydrogen-bond donors (Lipinski definition) is 3. The first-order chi connectivity index (χ1) is 14.0. The smallest absolute Gasteiger partial charge is 0.507 e. The Morgan fingerprint density at radius 3 is 2.30 bits per heavy atom. The van der Waals surface area contributed by atoms with Crippen LogP contribution in [0.1, 0.15) is 19.4 Å². The molecule has 0 spiro atoms. The summed E-state index contributed by atoms with van der Waals surface area (Å²) in [5.74, 6) is -1.31. The largest absolute Gasteiger partial charge is 0.516 e. The van der Waals surface area contributed by atoms with Crippen LogP contribution in [0, 0.1) is 0 Å². The lowest BCUT2D eigenvalue weighted by atomic mass is 10.0. The maximum Gasteiger partial charge on any atom is 0.516 e. The molecular weight excluding hydrogens is 425 g/mol. The molecule has 0 saturated carbocycles. The summed E-state index contributed by atoms with van der Waals surface area (Å²) in [7, 11) is -5.68. The summed E-state index contributed by atoms with van der Waals surface area (Å²) in [6.45, 7) is 3.07. The van der Waals surface area contributed by atoms with E-state index in [9.17, 15) is 31.5 Å². The number of hydrogen-bond acceptors (Lipinski definition) is 6. The zero-order valence-corrected chi connectivity index (χ0v) is 16.8. The lowest BCUT2D eigenvalue weighted by molar-refractivity contribution is -0.136. The van der Waals surface area contributed by atoms with Gasteiger partial charge in [0.2, 0.25) is 0 Å². The highest BCUT2D eigenvalue weighted by molar-refractivity contribution is 7.93. The van der Waals surface area contributed by atoms with Crippen molar-refractivity contribution in [3.8, 4) is 5.75 Å². The number of phenolic OH excluding ortho intramolecular Hbond substituents is 1. The number of para-hydroxylation sites is 1. The summed E-state index contributed by atoms with van der Waals surface area (Å²) in [5.41, 5.74) is -5.58. The standard InChI is InChI=1S/C19H19F3N2O5S/c1-3-29-18(26)17(12(2)23-13-7-5-4-6-8-13)15-11-14(9-10-16(15)25)24-30(27,28)19(20,21)22/h4-11,23-25H,3H2,1-2H3. The van der Waals surface area contributed by atoms with Crippen LogP contribution in [0.3, 0.4) is 0 Å². The predicted octanol–water partition coefficient (Wildman–Crippen LogP) is 4.06. The number of phenols is 1. The molecule has 0 aliphatic heterocycles. The molecule has 0 radical (unpaired) electrons. The molecule has 0 amide bonds. The van der Waals surface area contributed by atoms with E-state index in [-0.39, 0.29) is 23.4 Å². The third-order valence-electron chi connectivity index (χ3n) is 3.78. The molecule has 2 aromatic rings. The fourth-order valence-electron chi connectivity index (χ4n) is 2.48. The monoisotopic (exact) mass is 444 g/mol. The fourth-order valence-corrected chi connectivity index (χ4v) is 3.03. The molecule has 2 rings (SSSR count). The van der Waals surface area contributed by atoms with Gasteiger partial charge < -0.3 is 15.2 Å². The third-order valence-corrected chi connectivity index (χ3v) is 4.90. The number of carbonyl (C=O) groups excluding carboxylic acids is 1. The van der Waals surface area contributed by atoms with E-state index in [1.807, 2.05) is 0 Å². The highest BCUT2D eigenvalue weighted by atomic mass is 32.2. The lowest BCUT2D eigenvalue weighted by Gasteiger charge is -2.16. The van der Waals surface area contributed by atoms with Crippen molar-refractivity contribution in [3.63, 3.8) is 0 Å². The van der Waals surface area contributed by atoms with E-state index in [1.165, 1.54) is 11.6 Å². The van der Waals surface area contributed by atoms with Gasteiger partial charge in [0.25, 0.3) is 0 Å². The van der Waals surface area contributed by atoms with Crippen molar-refractivity contribution in [2.24, 2.45) is 0 Å². The second-order valence-corrected chi connectivity index (χ2v) is 7.67. The van der Waals surface area contributed by atoms with Crippen molar-refractivity contribution in [1.29, 1.82) is 0 Å². The molecule has 0 aliphatic carbocycles. The third kappa shape index (κ3) is 5.44. The Morgan fingerprint density at radius 2 is 1.73 bits per heavy atom. The van der Waals surface area contributed by atoms with E-state index in [0.29, 0.717) is 5.69 Å². The molecule has 0 unspecified atom stereocenters. The summed E-state index contributed by atoms with van der Waals surface area (Å²) in [6, 6.07) is 11.5. The minimum Gasteiger partial charge on any atom is -0.507 e. The number of esters is 1. The van der Waals surface area contributed by atoms with Crippen LogP contribution >= 0.6 is 0 Å². The summed E-state index contributed by atoms with van der Waals surface area (Å²) in [4.78, 5) is 12.5. The Kier molecular flexibility index (Phi) is 6.98. The average molecular weight is 444 g/mol. The van der Waals surface area contributed by atoms with Gasteiger partial charge in [-0.1, -0.05) is 18.2 Å². The van der Waals surface area contributed by atoms with E-state index < -0.39 is 32.9 Å². The first kappa shape index (κ1) is 23.1. The molecule has 0 fully saturated rings. The first-order valence-corrected chi connectivity index (χ1v) is 10.1. The molecule has 7 nitrogen and oxygen atoms in total. The van der Waals surface area contributed by atoms with Gasteiger partial charge in [0.15, 0.2) is 0 Å². The maximum atomic E-state index is 12.7. The molecule has 0 heterocycles. The molecule has 30 heavy (non-hydrogen) atoms. The van der Waals surface area contributed by atoms with Crippen LogP contribution in [0.5, 0.6) is 5.75 Å². The number of sulfonamides is 1. The molecule has 0 atom stereocenters. The molecule has 0 aliphatic rings. The minimum absolute atomic E-state index is 0.00209. The van der Waals surface area contributed by atoms with Crippen molar-refractivity contribution >= 4 is 32.9 Å². The Bertz CT molecular complexity index is 1050. The van der Waals surface area contributed by atoms with Gasteiger partial charge in [-0.3, -0.25) is 4.72 Å². The van der Waals surface area contributed by atoms with Gasteiger partial charge in [-0.25, -0.2) is 4.79 Å². The topological polar surface area (TPSA) is 105 Å². The number of benzene rings is 2. The first-order valence-electron chi connectivity index (χ1n) is 8.58. The minimum atomic E-state index is -5.68. The maximum absolute atomic E-state index is 12.7. The van der Waals surface area contributed by atoms with Crippen LogP contribution < -0.4 is 10.0 Å². The van der Waals surface area contributed by atoms with E-state index in [0.717, 1.165) is 18.2 Å². The van der Waals surface area contributed by atoms with Crippen LogP contribution in [0.15, 0.2) is 54.2 Å². The van der Waals surface area contributed by atoms with Crippen LogP contribution in [-0.2, 0) is 19.6 Å². The van der Waals surface area contributed by atoms with E-state index in [4.69, 9.17) is 4.74 Å². The second-order valence-electron chi connectivity index (χ2n) is 5.99. The Morgan fingerprint density at radius 1 is 1.10 bits per heavy atom. The molecule has 11 heteroatoms. The molecule has 2 aromatic carbocycles. The number of anilines is 2. The van der Waals surface area contributed by atoms with Crippen molar-refractivity contribution in [2.45, 2.75) is 19.4 Å². The Hall–Kier alpha value is -3.21. The summed E-state index contributed by atoms with van der Waals surface area (Å²) in [6.07, 6.45) is 0. The normalized spacial score (nSPS) is 12.7. The number of carbonyl (C=O) groups is 1. The molecule has 0 bridgehead atoms. The van der Waals surface area contributed by atoms with Crippen molar-refractivity contribution in [2.75, 3.05) is 16.6 Å². The molecule has 0 aromatic heterocycles. The summed E-state index contributed by atoms with van der Waals surface area (Å²) in [5, 5.41) is 13.2. The van der Waals surface area contributed by atoms with Gasteiger partial charge in [0, 0.05) is 22.6 Å². The van der Waals surface area contributed by atoms with Gasteiger partial charge in [0.05, 0.1) is 12.2 Å². The second kappa shape index (κ2) is 9.08. The van der Waals surface area contributed by atoms with Gasteiger partial charge in [0.1, 0.15) is 5.75 Å². The van der Waals surface area contributed by atoms with E-state index in [1.54, 1.807) is 37.3 Å². The number of ether oxygens (including phenoxy) is 1. The lowest BCUT2D eigenvalue weighted by Crippen LogP contribution is -2.29. The number of halogens is 3. The van der Waals surface area contributed by atoms with Crippen LogP contribution in [0.2, 0.25) is 0 Å². The fraction of sp³-hybridized carbons (Fsp3) is 0.211. The van der Waals surface area contributed by atoms with Crippen molar-refractivity contribution < 1.29 is 36.2 Å². The number of allylic oxidation sites excluding steroid dienone is 1. The quantitative estimate of drug-likeness (QED) is 0.338. The number of rotatable bonds is 7. The Labute approximate surface area is 171 Å². The number of alkyl halides is 3.